The van der Waals surface area contributed by atoms with Gasteiger partial charge in [-0.15, -0.1) is 0 Å². The molecule has 0 spiro atoms. The highest BCUT2D eigenvalue weighted by Crippen LogP contribution is 2.01. The Balaban J connectivity index is 4.25. The fourth-order valence-electron chi connectivity index (χ4n) is 0.877. The molecule has 0 aliphatic heterocycles. The Kier molecular flexibility index (Phi) is 6.38. The van der Waals surface area contributed by atoms with Crippen molar-refractivity contribution >= 4 is 5.97 Å². The normalized spacial score (nSPS) is 13.8. The van der Waals surface area contributed by atoms with Crippen LogP contribution in [-0.4, -0.2) is 17.4 Å². The van der Waals surface area contributed by atoms with Gasteiger partial charge in [0, 0.05) is 6.92 Å². The van der Waals surface area contributed by atoms with E-state index in [1.165, 1.54) is 18.6 Å². The molecule has 84 valence electrons. The third kappa shape index (κ3) is 8.97. The average Bonchev–Trinajstić information content (AvgIpc) is 2.00. The maximum absolute atomic E-state index is 10.5. The van der Waals surface area contributed by atoms with Crippen molar-refractivity contribution < 1.29 is 14.6 Å². The molecule has 0 aliphatic carbocycles. The van der Waals surface area contributed by atoms with Crippen molar-refractivity contribution in [3.8, 4) is 0 Å². The zero-order valence-corrected chi connectivity index (χ0v) is 9.65. The number of aliphatic hydroxyl groups is 1. The molecule has 0 aromatic heterocycles. The van der Waals surface area contributed by atoms with Crippen LogP contribution in [0.1, 0.15) is 27.7 Å². The molecule has 1 atom stereocenters. The molecule has 0 radical (unpaired) electrons. The molecule has 0 bridgehead atoms. The van der Waals surface area contributed by atoms with Gasteiger partial charge in [0.25, 0.3) is 0 Å². The van der Waals surface area contributed by atoms with Gasteiger partial charge in [-0.1, -0.05) is 23.8 Å². The maximum Gasteiger partial charge on any atom is 0.305 e. The second kappa shape index (κ2) is 7.01. The van der Waals surface area contributed by atoms with Gasteiger partial charge in [-0.2, -0.15) is 0 Å². The van der Waals surface area contributed by atoms with Crippen LogP contribution in [0.4, 0.5) is 0 Å². The molecule has 1 N–H and O–H groups in total. The second-order valence-corrected chi connectivity index (χ2v) is 3.51. The minimum atomic E-state index is -1.17. The lowest BCUT2D eigenvalue weighted by Gasteiger charge is -2.05. The average molecular weight is 210 g/mol. The minimum absolute atomic E-state index is 0.500. The third-order valence-electron chi connectivity index (χ3n) is 1.48. The molecule has 1 unspecified atom stereocenters. The van der Waals surface area contributed by atoms with Crippen LogP contribution in [0, 0.1) is 0 Å². The van der Waals surface area contributed by atoms with Crippen molar-refractivity contribution in [1.82, 2.24) is 0 Å². The predicted molar refractivity (Wildman–Crippen MR) is 60.1 cm³/mol. The van der Waals surface area contributed by atoms with E-state index in [0.717, 1.165) is 5.57 Å². The Morgan fingerprint density at radius 2 is 1.87 bits per heavy atom. The lowest BCUT2D eigenvalue weighted by molar-refractivity contribution is -0.157. The molecule has 0 aromatic carbocycles. The number of aliphatic hydroxyl groups excluding tert-OH is 1. The zero-order valence-electron chi connectivity index (χ0n) is 9.65. The lowest BCUT2D eigenvalue weighted by Crippen LogP contribution is -2.12. The summed E-state index contributed by atoms with van der Waals surface area (Å²) in [5.74, 6) is -0.500. The van der Waals surface area contributed by atoms with Gasteiger partial charge in [-0.25, -0.2) is 0 Å². The number of hydrogen-bond donors (Lipinski definition) is 1. The summed E-state index contributed by atoms with van der Waals surface area (Å²) in [6.07, 6.45) is 5.96. The SMILES string of the molecule is CC(=O)OC(O)/C=C(C)/C=C/C=C(C)C. The standard InChI is InChI=1S/C12H18O3/c1-9(2)6-5-7-10(3)8-12(14)15-11(4)13/h5-8,12,14H,1-4H3/b7-5+,10-8+. The molecule has 3 nitrogen and oxygen atoms in total. The summed E-state index contributed by atoms with van der Waals surface area (Å²) in [6.45, 7) is 7.07. The van der Waals surface area contributed by atoms with Crippen molar-refractivity contribution in [2.24, 2.45) is 0 Å². The van der Waals surface area contributed by atoms with Gasteiger partial charge in [0.1, 0.15) is 0 Å². The summed E-state index contributed by atoms with van der Waals surface area (Å²) in [5.41, 5.74) is 2.03. The first-order valence-electron chi connectivity index (χ1n) is 4.77. The summed E-state index contributed by atoms with van der Waals surface area (Å²) in [5, 5.41) is 9.23. The van der Waals surface area contributed by atoms with Gasteiger partial charge >= 0.3 is 5.97 Å². The molecule has 0 heterocycles. The van der Waals surface area contributed by atoms with Gasteiger partial charge in [0.2, 0.25) is 6.29 Å². The Morgan fingerprint density at radius 1 is 1.27 bits per heavy atom. The third-order valence-corrected chi connectivity index (χ3v) is 1.48. The molecule has 0 aliphatic rings. The smallest absolute Gasteiger partial charge is 0.305 e. The van der Waals surface area contributed by atoms with Crippen molar-refractivity contribution in [2.45, 2.75) is 34.0 Å². The van der Waals surface area contributed by atoms with Crippen molar-refractivity contribution in [3.05, 3.63) is 35.5 Å². The summed E-state index contributed by atoms with van der Waals surface area (Å²) in [6, 6.07) is 0. The molecular weight excluding hydrogens is 192 g/mol. The van der Waals surface area contributed by atoms with Crippen LogP contribution in [0.2, 0.25) is 0 Å². The monoisotopic (exact) mass is 210 g/mol. The predicted octanol–water partition coefficient (Wildman–Crippen LogP) is 2.34. The second-order valence-electron chi connectivity index (χ2n) is 3.51. The van der Waals surface area contributed by atoms with E-state index in [1.807, 2.05) is 39.0 Å². The number of esters is 1. The van der Waals surface area contributed by atoms with E-state index >= 15 is 0 Å². The highest BCUT2D eigenvalue weighted by Gasteiger charge is 2.01. The number of carbonyl (C=O) groups is 1. The van der Waals surface area contributed by atoms with Crippen molar-refractivity contribution in [3.63, 3.8) is 0 Å². The van der Waals surface area contributed by atoms with Crippen LogP contribution < -0.4 is 0 Å². The van der Waals surface area contributed by atoms with Gasteiger partial charge in [0.15, 0.2) is 0 Å². The summed E-state index contributed by atoms with van der Waals surface area (Å²) >= 11 is 0. The van der Waals surface area contributed by atoms with E-state index < -0.39 is 12.3 Å². The topological polar surface area (TPSA) is 46.5 Å². The molecule has 15 heavy (non-hydrogen) atoms. The van der Waals surface area contributed by atoms with Gasteiger partial charge in [-0.05, 0) is 32.4 Å². The molecule has 0 saturated heterocycles. The van der Waals surface area contributed by atoms with E-state index in [0.29, 0.717) is 0 Å². The van der Waals surface area contributed by atoms with E-state index in [1.54, 1.807) is 0 Å². The number of allylic oxidation sites excluding steroid dienone is 5. The van der Waals surface area contributed by atoms with E-state index in [4.69, 9.17) is 0 Å². The van der Waals surface area contributed by atoms with E-state index in [-0.39, 0.29) is 0 Å². The molecular formula is C12H18O3. The molecule has 0 saturated carbocycles. The first kappa shape index (κ1) is 13.7. The Bertz CT molecular complexity index is 294. The number of carbonyl (C=O) groups excluding carboxylic acids is 1. The largest absolute Gasteiger partial charge is 0.432 e. The van der Waals surface area contributed by atoms with Crippen LogP contribution in [-0.2, 0) is 9.53 Å². The summed E-state index contributed by atoms with van der Waals surface area (Å²) < 4.78 is 4.54. The Morgan fingerprint density at radius 3 is 2.33 bits per heavy atom. The van der Waals surface area contributed by atoms with Crippen molar-refractivity contribution in [2.75, 3.05) is 0 Å². The first-order chi connectivity index (χ1) is 6.91. The minimum Gasteiger partial charge on any atom is -0.432 e. The zero-order chi connectivity index (χ0) is 11.8. The number of ether oxygens (including phenoxy) is 1. The molecule has 3 heteroatoms. The van der Waals surface area contributed by atoms with E-state index in [9.17, 15) is 9.90 Å². The van der Waals surface area contributed by atoms with Crippen LogP contribution >= 0.6 is 0 Å². The molecule has 0 rings (SSSR count). The summed E-state index contributed by atoms with van der Waals surface area (Å²) in [7, 11) is 0. The van der Waals surface area contributed by atoms with Crippen LogP contribution in [0.3, 0.4) is 0 Å². The molecule has 0 fully saturated rings. The van der Waals surface area contributed by atoms with Gasteiger partial charge < -0.3 is 9.84 Å². The maximum atomic E-state index is 10.5. The van der Waals surface area contributed by atoms with E-state index in [2.05, 4.69) is 4.74 Å². The lowest BCUT2D eigenvalue weighted by atomic mass is 10.2. The van der Waals surface area contributed by atoms with Gasteiger partial charge in [-0.3, -0.25) is 4.79 Å². The fourth-order valence-corrected chi connectivity index (χ4v) is 0.877. The Labute approximate surface area is 90.8 Å². The molecule has 0 amide bonds. The number of rotatable bonds is 4. The highest BCUT2D eigenvalue weighted by atomic mass is 16.6. The first-order valence-corrected chi connectivity index (χ1v) is 4.77. The van der Waals surface area contributed by atoms with Crippen molar-refractivity contribution in [1.29, 1.82) is 0 Å². The highest BCUT2D eigenvalue weighted by molar-refractivity contribution is 5.66. The summed E-state index contributed by atoms with van der Waals surface area (Å²) in [4.78, 5) is 10.5. The van der Waals surface area contributed by atoms with Crippen LogP contribution in [0.25, 0.3) is 0 Å². The molecule has 0 aromatic rings. The number of hydrogen-bond acceptors (Lipinski definition) is 3. The quantitative estimate of drug-likeness (QED) is 0.440. The fraction of sp³-hybridized carbons (Fsp3) is 0.417. The van der Waals surface area contributed by atoms with Gasteiger partial charge in [0.05, 0.1) is 0 Å². The van der Waals surface area contributed by atoms with Crippen LogP contribution in [0.5, 0.6) is 0 Å². The van der Waals surface area contributed by atoms with Crippen LogP contribution in [0.15, 0.2) is 35.5 Å². The Hall–Kier alpha value is -1.35.